The Morgan fingerprint density at radius 2 is 1.91 bits per heavy atom. The first kappa shape index (κ1) is 23.3. The largest absolute Gasteiger partial charge is 0.493 e. The van der Waals surface area contributed by atoms with Gasteiger partial charge in [-0.15, -0.1) is 11.3 Å². The molecule has 0 atom stereocenters. The number of carbonyl (C=O) groups excluding carboxylic acids is 1. The molecule has 0 aliphatic rings. The maximum atomic E-state index is 12.7. The monoisotopic (exact) mass is 488 g/mol. The Balaban J connectivity index is 1.36. The molecule has 4 aromatic rings. The zero-order valence-electron chi connectivity index (χ0n) is 17.9. The van der Waals surface area contributed by atoms with E-state index in [1.54, 1.807) is 48.0 Å². The van der Waals surface area contributed by atoms with E-state index in [0.29, 0.717) is 22.7 Å². The molecule has 2 heterocycles. The van der Waals surface area contributed by atoms with Gasteiger partial charge < -0.3 is 14.8 Å². The molecule has 1 N–H and O–H groups in total. The SMILES string of the molecule is COc1cc(C(=O)NCc2ccc(-n3ccc(C(F)(F)F)n3)cc2)ccc1OCc1cscn1. The Bertz CT molecular complexity index is 1260. The summed E-state index contributed by atoms with van der Waals surface area (Å²) in [5.74, 6) is 0.606. The first-order chi connectivity index (χ1) is 16.3. The maximum Gasteiger partial charge on any atom is 0.435 e. The standard InChI is InChI=1S/C23H19F3N4O3S/c1-32-20-10-16(4-7-19(20)33-12-17-13-34-14-28-17)22(31)27-11-15-2-5-18(6-3-15)30-9-8-21(29-30)23(24,25)26/h2-10,13-14H,11-12H2,1H3,(H,27,31). The van der Waals surface area contributed by atoms with Crippen LogP contribution in [-0.4, -0.2) is 27.8 Å². The summed E-state index contributed by atoms with van der Waals surface area (Å²) in [5, 5.41) is 8.24. The number of nitrogens with one attached hydrogen (secondary N) is 1. The highest BCUT2D eigenvalue weighted by Gasteiger charge is 2.33. The zero-order chi connectivity index (χ0) is 24.1. The molecule has 0 bridgehead atoms. The smallest absolute Gasteiger partial charge is 0.435 e. The van der Waals surface area contributed by atoms with Crippen molar-refractivity contribution in [2.75, 3.05) is 7.11 Å². The van der Waals surface area contributed by atoms with Crippen LogP contribution in [0, 0.1) is 0 Å². The lowest BCUT2D eigenvalue weighted by Crippen LogP contribution is -2.22. The molecule has 0 spiro atoms. The van der Waals surface area contributed by atoms with E-state index in [-0.39, 0.29) is 19.1 Å². The Hall–Kier alpha value is -3.86. The van der Waals surface area contributed by atoms with Crippen molar-refractivity contribution in [3.05, 3.63) is 88.1 Å². The van der Waals surface area contributed by atoms with Gasteiger partial charge in [0, 0.05) is 23.7 Å². The number of methoxy groups -OCH3 is 1. The number of carbonyl (C=O) groups is 1. The van der Waals surface area contributed by atoms with E-state index < -0.39 is 11.9 Å². The third kappa shape index (κ3) is 5.54. The van der Waals surface area contributed by atoms with Gasteiger partial charge in [0.25, 0.3) is 5.91 Å². The Morgan fingerprint density at radius 1 is 1.12 bits per heavy atom. The molecule has 11 heteroatoms. The van der Waals surface area contributed by atoms with Gasteiger partial charge in [0.05, 0.1) is 24.0 Å². The molecule has 4 rings (SSSR count). The highest BCUT2D eigenvalue weighted by atomic mass is 32.1. The Kier molecular flexibility index (Phi) is 6.82. The fourth-order valence-electron chi connectivity index (χ4n) is 3.06. The zero-order valence-corrected chi connectivity index (χ0v) is 18.7. The van der Waals surface area contributed by atoms with Gasteiger partial charge >= 0.3 is 6.18 Å². The van der Waals surface area contributed by atoms with Crippen LogP contribution in [0.25, 0.3) is 5.69 Å². The maximum absolute atomic E-state index is 12.7. The molecule has 0 saturated carbocycles. The summed E-state index contributed by atoms with van der Waals surface area (Å²) in [6.07, 6.45) is -3.25. The average Bonchev–Trinajstić information content (AvgIpc) is 3.54. The second-order valence-electron chi connectivity index (χ2n) is 7.13. The molecule has 0 fully saturated rings. The predicted octanol–water partition coefficient (Wildman–Crippen LogP) is 4.87. The molecule has 0 radical (unpaired) electrons. The van der Waals surface area contributed by atoms with Gasteiger partial charge in [-0.25, -0.2) is 9.67 Å². The summed E-state index contributed by atoms with van der Waals surface area (Å²) in [6, 6.07) is 12.5. The molecule has 2 aromatic heterocycles. The highest BCUT2D eigenvalue weighted by Crippen LogP contribution is 2.29. The van der Waals surface area contributed by atoms with Gasteiger partial charge in [0.15, 0.2) is 17.2 Å². The molecule has 0 aliphatic carbocycles. The van der Waals surface area contributed by atoms with Crippen molar-refractivity contribution >= 4 is 17.2 Å². The van der Waals surface area contributed by atoms with Gasteiger partial charge in [-0.05, 0) is 42.0 Å². The second kappa shape index (κ2) is 9.96. The van der Waals surface area contributed by atoms with E-state index in [1.807, 2.05) is 5.38 Å². The van der Waals surface area contributed by atoms with E-state index in [2.05, 4.69) is 15.4 Å². The molecule has 0 unspecified atom stereocenters. The number of halogens is 3. The number of ether oxygens (including phenoxy) is 2. The highest BCUT2D eigenvalue weighted by molar-refractivity contribution is 7.07. The lowest BCUT2D eigenvalue weighted by molar-refractivity contribution is -0.141. The second-order valence-corrected chi connectivity index (χ2v) is 7.85. The number of aromatic nitrogens is 3. The average molecular weight is 488 g/mol. The van der Waals surface area contributed by atoms with Crippen molar-refractivity contribution in [1.82, 2.24) is 20.1 Å². The van der Waals surface area contributed by atoms with Crippen molar-refractivity contribution in [3.8, 4) is 17.2 Å². The van der Waals surface area contributed by atoms with Crippen LogP contribution in [0.2, 0.25) is 0 Å². The van der Waals surface area contributed by atoms with Crippen molar-refractivity contribution in [2.45, 2.75) is 19.3 Å². The summed E-state index contributed by atoms with van der Waals surface area (Å²) >= 11 is 1.48. The molecular weight excluding hydrogens is 469 g/mol. The molecule has 7 nitrogen and oxygen atoms in total. The van der Waals surface area contributed by atoms with Crippen LogP contribution in [0.3, 0.4) is 0 Å². The quantitative estimate of drug-likeness (QED) is 0.383. The topological polar surface area (TPSA) is 78.3 Å². The van der Waals surface area contributed by atoms with Crippen LogP contribution in [0.5, 0.6) is 11.5 Å². The van der Waals surface area contributed by atoms with Crippen LogP contribution in [0.15, 0.2) is 65.6 Å². The number of alkyl halides is 3. The van der Waals surface area contributed by atoms with Gasteiger partial charge in [-0.1, -0.05) is 12.1 Å². The summed E-state index contributed by atoms with van der Waals surface area (Å²) in [6.45, 7) is 0.522. The molecule has 0 aliphatic heterocycles. The van der Waals surface area contributed by atoms with Gasteiger partial charge in [0.2, 0.25) is 0 Å². The van der Waals surface area contributed by atoms with Crippen LogP contribution >= 0.6 is 11.3 Å². The van der Waals surface area contributed by atoms with Crippen molar-refractivity contribution in [3.63, 3.8) is 0 Å². The molecule has 176 valence electrons. The molecule has 1 amide bonds. The third-order valence-electron chi connectivity index (χ3n) is 4.82. The van der Waals surface area contributed by atoms with Crippen LogP contribution in [0.1, 0.15) is 27.3 Å². The van der Waals surface area contributed by atoms with E-state index in [4.69, 9.17) is 9.47 Å². The van der Waals surface area contributed by atoms with E-state index >= 15 is 0 Å². The van der Waals surface area contributed by atoms with E-state index in [9.17, 15) is 18.0 Å². The minimum Gasteiger partial charge on any atom is -0.493 e. The number of nitrogens with zero attached hydrogens (tertiary/aromatic N) is 3. The van der Waals surface area contributed by atoms with Gasteiger partial charge in [-0.3, -0.25) is 4.79 Å². The number of thiazole rings is 1. The minimum absolute atomic E-state index is 0.233. The number of rotatable bonds is 8. The van der Waals surface area contributed by atoms with Crippen LogP contribution < -0.4 is 14.8 Å². The predicted molar refractivity (Wildman–Crippen MR) is 119 cm³/mol. The lowest BCUT2D eigenvalue weighted by atomic mass is 10.1. The van der Waals surface area contributed by atoms with Gasteiger partial charge in [-0.2, -0.15) is 18.3 Å². The van der Waals surface area contributed by atoms with E-state index in [1.165, 1.54) is 24.6 Å². The fraction of sp³-hybridized carbons (Fsp3) is 0.174. The van der Waals surface area contributed by atoms with Crippen LogP contribution in [0.4, 0.5) is 13.2 Å². The van der Waals surface area contributed by atoms with Crippen molar-refractivity contribution in [2.24, 2.45) is 0 Å². The van der Waals surface area contributed by atoms with Gasteiger partial charge in [0.1, 0.15) is 6.61 Å². The normalized spacial score (nSPS) is 11.3. The summed E-state index contributed by atoms with van der Waals surface area (Å²) < 4.78 is 50.4. The molecule has 34 heavy (non-hydrogen) atoms. The summed E-state index contributed by atoms with van der Waals surface area (Å²) in [4.78, 5) is 16.7. The van der Waals surface area contributed by atoms with Crippen molar-refractivity contribution in [1.29, 1.82) is 0 Å². The minimum atomic E-state index is -4.50. The first-order valence-corrected chi connectivity index (χ1v) is 11.0. The van der Waals surface area contributed by atoms with Crippen LogP contribution in [-0.2, 0) is 19.3 Å². The molecule has 2 aromatic carbocycles. The summed E-state index contributed by atoms with van der Waals surface area (Å²) in [5.41, 5.74) is 3.20. The lowest BCUT2D eigenvalue weighted by Gasteiger charge is -2.12. The number of hydrogen-bond donors (Lipinski definition) is 1. The van der Waals surface area contributed by atoms with E-state index in [0.717, 1.165) is 22.0 Å². The first-order valence-electron chi connectivity index (χ1n) is 10.0. The Labute approximate surface area is 196 Å². The summed E-state index contributed by atoms with van der Waals surface area (Å²) in [7, 11) is 1.49. The molecular formula is C23H19F3N4O3S. The molecule has 0 saturated heterocycles. The number of amides is 1. The Morgan fingerprint density at radius 3 is 2.56 bits per heavy atom. The number of benzene rings is 2. The van der Waals surface area contributed by atoms with Crippen molar-refractivity contribution < 1.29 is 27.4 Å². The fourth-order valence-corrected chi connectivity index (χ4v) is 3.60. The number of hydrogen-bond acceptors (Lipinski definition) is 6. The third-order valence-corrected chi connectivity index (χ3v) is 5.45.